The Hall–Kier alpha value is -0.500. The molecule has 1 aliphatic rings. The quantitative estimate of drug-likeness (QED) is 0.627. The molecule has 0 saturated heterocycles. The number of halogens is 1. The van der Waals surface area contributed by atoms with Gasteiger partial charge in [0.15, 0.2) is 0 Å². The van der Waals surface area contributed by atoms with Crippen molar-refractivity contribution < 1.29 is 0 Å². The van der Waals surface area contributed by atoms with Crippen molar-refractivity contribution in [1.29, 1.82) is 0 Å². The lowest BCUT2D eigenvalue weighted by Crippen LogP contribution is -2.33. The molecule has 1 atom stereocenters. The number of hydrogen-bond donors (Lipinski definition) is 0. The Balaban J connectivity index is 2.61. The molecule has 1 unspecified atom stereocenters. The van der Waals surface area contributed by atoms with E-state index in [1.807, 2.05) is 0 Å². The number of hydrogen-bond acceptors (Lipinski definition) is 1. The predicted molar refractivity (Wildman–Crippen MR) is 60.3 cm³/mol. The Bertz CT molecular complexity index is 333. The zero-order chi connectivity index (χ0) is 9.64. The maximum atomic E-state index is 3.61. The fraction of sp³-hybridized carbons (Fsp3) is 0.455. The van der Waals surface area contributed by atoms with E-state index in [4.69, 9.17) is 0 Å². The monoisotopic (exact) mass is 239 g/mol. The third-order valence-corrected chi connectivity index (χ3v) is 4.21. The van der Waals surface area contributed by atoms with E-state index in [0.29, 0.717) is 6.04 Å². The normalized spacial score (nSPS) is 24.6. The van der Waals surface area contributed by atoms with Crippen LogP contribution in [-0.4, -0.2) is 6.04 Å². The maximum Gasteiger partial charge on any atom is 0.0512 e. The van der Waals surface area contributed by atoms with Crippen molar-refractivity contribution in [2.45, 2.75) is 32.2 Å². The molecule has 0 saturated carbocycles. The Morgan fingerprint density at radius 3 is 2.54 bits per heavy atom. The Morgan fingerprint density at radius 2 is 1.92 bits per heavy atom. The summed E-state index contributed by atoms with van der Waals surface area (Å²) < 4.78 is 2.18. The summed E-state index contributed by atoms with van der Waals surface area (Å²) in [6, 6.07) is 9.08. The molecule has 0 amide bonds. The Labute approximate surface area is 88.1 Å². The fourth-order valence-corrected chi connectivity index (χ4v) is 2.74. The lowest BCUT2D eigenvalue weighted by molar-refractivity contribution is 0.473. The predicted octanol–water partition coefficient (Wildman–Crippen LogP) is 3.48. The van der Waals surface area contributed by atoms with E-state index >= 15 is 0 Å². The van der Waals surface area contributed by atoms with Crippen LogP contribution in [0.25, 0.3) is 0 Å². The second-order valence-corrected chi connectivity index (χ2v) is 4.99. The Morgan fingerprint density at radius 1 is 1.31 bits per heavy atom. The third kappa shape index (κ3) is 1.12. The standard InChI is InChI=1S/C11H14BrN/c1-8-11(2,3)9-6-4-5-7-10(9)13(8)12/h4-8H,1-3H3. The van der Waals surface area contributed by atoms with Gasteiger partial charge in [0.2, 0.25) is 0 Å². The summed E-state index contributed by atoms with van der Waals surface area (Å²) in [5.41, 5.74) is 2.97. The highest BCUT2D eigenvalue weighted by Gasteiger charge is 2.40. The largest absolute Gasteiger partial charge is 0.305 e. The number of fused-ring (bicyclic) bond motifs is 1. The van der Waals surface area contributed by atoms with Gasteiger partial charge in [-0.2, -0.15) is 0 Å². The van der Waals surface area contributed by atoms with Gasteiger partial charge in [0.05, 0.1) is 5.69 Å². The van der Waals surface area contributed by atoms with Crippen molar-refractivity contribution in [2.75, 3.05) is 3.93 Å². The van der Waals surface area contributed by atoms with Gasteiger partial charge < -0.3 is 3.93 Å². The van der Waals surface area contributed by atoms with Crippen molar-refractivity contribution >= 4 is 21.8 Å². The van der Waals surface area contributed by atoms with Crippen molar-refractivity contribution in [1.82, 2.24) is 0 Å². The summed E-state index contributed by atoms with van der Waals surface area (Å²) in [6.07, 6.45) is 0. The van der Waals surface area contributed by atoms with Crippen LogP contribution in [0.1, 0.15) is 26.3 Å². The molecule has 0 radical (unpaired) electrons. The summed E-state index contributed by atoms with van der Waals surface area (Å²) in [7, 11) is 0. The van der Waals surface area contributed by atoms with Crippen LogP contribution >= 0.6 is 16.1 Å². The Kier molecular flexibility index (Phi) is 1.91. The minimum Gasteiger partial charge on any atom is -0.305 e. The minimum absolute atomic E-state index is 0.236. The number of para-hydroxylation sites is 1. The van der Waals surface area contributed by atoms with E-state index in [0.717, 1.165) is 0 Å². The van der Waals surface area contributed by atoms with Gasteiger partial charge >= 0.3 is 0 Å². The van der Waals surface area contributed by atoms with Gasteiger partial charge in [-0.1, -0.05) is 32.0 Å². The first-order valence-electron chi connectivity index (χ1n) is 4.59. The molecule has 2 rings (SSSR count). The topological polar surface area (TPSA) is 3.24 Å². The number of anilines is 1. The molecule has 0 N–H and O–H groups in total. The van der Waals surface area contributed by atoms with E-state index in [1.54, 1.807) is 0 Å². The van der Waals surface area contributed by atoms with Crippen LogP contribution in [0, 0.1) is 0 Å². The molecule has 0 fully saturated rings. The van der Waals surface area contributed by atoms with Crippen LogP contribution in [0.2, 0.25) is 0 Å². The number of rotatable bonds is 0. The molecule has 1 aromatic rings. The lowest BCUT2D eigenvalue weighted by atomic mass is 9.81. The van der Waals surface area contributed by atoms with Gasteiger partial charge in [-0.3, -0.25) is 0 Å². The number of benzene rings is 1. The van der Waals surface area contributed by atoms with Gasteiger partial charge in [0, 0.05) is 27.6 Å². The number of nitrogens with zero attached hydrogens (tertiary/aromatic N) is 1. The molecule has 0 aromatic heterocycles. The molecule has 1 aromatic carbocycles. The van der Waals surface area contributed by atoms with Gasteiger partial charge in [-0.25, -0.2) is 0 Å². The highest BCUT2D eigenvalue weighted by Crippen LogP contribution is 2.46. The van der Waals surface area contributed by atoms with Crippen LogP contribution < -0.4 is 3.93 Å². The van der Waals surface area contributed by atoms with E-state index in [1.165, 1.54) is 11.3 Å². The van der Waals surface area contributed by atoms with Crippen molar-refractivity contribution in [3.63, 3.8) is 0 Å². The van der Waals surface area contributed by atoms with Crippen LogP contribution in [0.15, 0.2) is 24.3 Å². The van der Waals surface area contributed by atoms with Gasteiger partial charge in [0.1, 0.15) is 0 Å². The summed E-state index contributed by atoms with van der Waals surface area (Å²) in [6.45, 7) is 6.82. The van der Waals surface area contributed by atoms with Crippen LogP contribution in [-0.2, 0) is 5.41 Å². The van der Waals surface area contributed by atoms with Crippen LogP contribution in [0.4, 0.5) is 5.69 Å². The first-order chi connectivity index (χ1) is 6.05. The summed E-state index contributed by atoms with van der Waals surface area (Å²) in [5, 5.41) is 0. The van der Waals surface area contributed by atoms with E-state index in [2.05, 4.69) is 65.1 Å². The highest BCUT2D eigenvalue weighted by molar-refractivity contribution is 9.10. The molecule has 70 valence electrons. The average molecular weight is 240 g/mol. The SMILES string of the molecule is CC1N(Br)c2ccccc2C1(C)C. The molecule has 0 aliphatic carbocycles. The molecule has 13 heavy (non-hydrogen) atoms. The molecule has 1 aliphatic heterocycles. The second-order valence-electron chi connectivity index (χ2n) is 4.23. The van der Waals surface area contributed by atoms with Gasteiger partial charge in [-0.05, 0) is 18.6 Å². The lowest BCUT2D eigenvalue weighted by Gasteiger charge is -2.26. The summed E-state index contributed by atoms with van der Waals surface area (Å²) >= 11 is 3.61. The van der Waals surface area contributed by atoms with Gasteiger partial charge in [-0.15, -0.1) is 0 Å². The molecular weight excluding hydrogens is 226 g/mol. The zero-order valence-electron chi connectivity index (χ0n) is 8.21. The van der Waals surface area contributed by atoms with Crippen LogP contribution in [0.5, 0.6) is 0 Å². The van der Waals surface area contributed by atoms with Crippen molar-refractivity contribution in [3.05, 3.63) is 29.8 Å². The fourth-order valence-electron chi connectivity index (χ4n) is 1.92. The zero-order valence-corrected chi connectivity index (χ0v) is 9.80. The maximum absolute atomic E-state index is 3.61. The first kappa shape index (κ1) is 9.07. The van der Waals surface area contributed by atoms with Crippen LogP contribution in [0.3, 0.4) is 0 Å². The van der Waals surface area contributed by atoms with Crippen molar-refractivity contribution in [2.24, 2.45) is 0 Å². The summed E-state index contributed by atoms with van der Waals surface area (Å²) in [5.74, 6) is 0. The second kappa shape index (κ2) is 2.74. The highest BCUT2D eigenvalue weighted by atomic mass is 79.9. The van der Waals surface area contributed by atoms with Crippen molar-refractivity contribution in [3.8, 4) is 0 Å². The van der Waals surface area contributed by atoms with E-state index < -0.39 is 0 Å². The molecule has 2 heteroatoms. The first-order valence-corrected chi connectivity index (χ1v) is 5.30. The smallest absolute Gasteiger partial charge is 0.0512 e. The van der Waals surface area contributed by atoms with E-state index in [9.17, 15) is 0 Å². The molecular formula is C11H14BrN. The average Bonchev–Trinajstić information content (AvgIpc) is 2.30. The van der Waals surface area contributed by atoms with Gasteiger partial charge in [0.25, 0.3) is 0 Å². The minimum atomic E-state index is 0.236. The molecule has 0 spiro atoms. The summed E-state index contributed by atoms with van der Waals surface area (Å²) in [4.78, 5) is 0. The molecule has 1 nitrogen and oxygen atoms in total. The molecule has 0 bridgehead atoms. The van der Waals surface area contributed by atoms with E-state index in [-0.39, 0.29) is 5.41 Å². The third-order valence-electron chi connectivity index (χ3n) is 3.21. The molecule has 1 heterocycles.